The van der Waals surface area contributed by atoms with E-state index >= 15 is 0 Å². The fraction of sp³-hybridized carbons (Fsp3) is 0.462. The minimum absolute atomic E-state index is 0.752. The highest BCUT2D eigenvalue weighted by Crippen LogP contribution is 2.24. The summed E-state index contributed by atoms with van der Waals surface area (Å²) < 4.78 is 5.31. The smallest absolute Gasteiger partial charge is 0.179 e. The molecule has 0 aromatic heterocycles. The summed E-state index contributed by atoms with van der Waals surface area (Å²) in [5.41, 5.74) is 3.55. The fourth-order valence-electron chi connectivity index (χ4n) is 1.85. The topological polar surface area (TPSA) is 36.3 Å². The number of hydrogen-bond acceptors (Lipinski definition) is 3. The molecule has 0 aliphatic heterocycles. The molecule has 0 heterocycles. The summed E-state index contributed by atoms with van der Waals surface area (Å²) in [5.74, 6) is 0.956. The van der Waals surface area contributed by atoms with Crippen LogP contribution in [0.15, 0.2) is 12.1 Å². The molecule has 0 unspecified atom stereocenters. The Balaban J connectivity index is 2.80. The van der Waals surface area contributed by atoms with Crippen LogP contribution in [0, 0.1) is 25.3 Å². The lowest BCUT2D eigenvalue weighted by molar-refractivity contribution is 0.408. The van der Waals surface area contributed by atoms with Crippen LogP contribution in [0.4, 0.5) is 0 Å². The maximum Gasteiger partial charge on any atom is 0.179 e. The number of rotatable bonds is 4. The Morgan fingerprint density at radius 1 is 1.31 bits per heavy atom. The predicted octanol–water partition coefficient (Wildman–Crippen LogP) is 2.27. The minimum atomic E-state index is 0.752. The summed E-state index contributed by atoms with van der Waals surface area (Å²) in [6.45, 7) is 4.84. The molecule has 3 heteroatoms. The number of benzene rings is 1. The molecule has 0 saturated heterocycles. The van der Waals surface area contributed by atoms with Gasteiger partial charge in [-0.25, -0.2) is 0 Å². The van der Waals surface area contributed by atoms with Crippen molar-refractivity contribution in [3.05, 3.63) is 28.8 Å². The third-order valence-electron chi connectivity index (χ3n) is 2.63. The van der Waals surface area contributed by atoms with Crippen LogP contribution in [0.5, 0.6) is 5.75 Å². The molecule has 0 bridgehead atoms. The Morgan fingerprint density at radius 3 is 2.31 bits per heavy atom. The normalized spacial score (nSPS) is 9.69. The lowest BCUT2D eigenvalue weighted by atomic mass is 10.0. The van der Waals surface area contributed by atoms with Crippen LogP contribution in [-0.2, 0) is 6.42 Å². The number of aryl methyl sites for hydroxylation is 2. The number of methoxy groups -OCH3 is 1. The molecule has 0 N–H and O–H groups in total. The lowest BCUT2D eigenvalue weighted by Gasteiger charge is -2.13. The standard InChI is InChI=1S/C13H18N2O/c1-10-7-12(5-6-15(3)9-14)8-11(2)13(10)16-4/h7-8H,5-6H2,1-4H3. The van der Waals surface area contributed by atoms with E-state index in [4.69, 9.17) is 10.00 Å². The summed E-state index contributed by atoms with van der Waals surface area (Å²) in [4.78, 5) is 1.63. The highest BCUT2D eigenvalue weighted by atomic mass is 16.5. The lowest BCUT2D eigenvalue weighted by Crippen LogP contribution is -2.14. The number of ether oxygens (including phenoxy) is 1. The fourth-order valence-corrected chi connectivity index (χ4v) is 1.85. The second-order valence-corrected chi connectivity index (χ2v) is 4.03. The van der Waals surface area contributed by atoms with E-state index in [0.29, 0.717) is 0 Å². The molecule has 16 heavy (non-hydrogen) atoms. The second kappa shape index (κ2) is 5.41. The molecule has 0 aliphatic carbocycles. The quantitative estimate of drug-likeness (QED) is 0.574. The van der Waals surface area contributed by atoms with E-state index in [9.17, 15) is 0 Å². The van der Waals surface area contributed by atoms with Crippen LogP contribution >= 0.6 is 0 Å². The first-order valence-electron chi connectivity index (χ1n) is 5.33. The van der Waals surface area contributed by atoms with Crippen LogP contribution < -0.4 is 4.74 Å². The summed E-state index contributed by atoms with van der Waals surface area (Å²) in [7, 11) is 3.49. The molecule has 0 atom stereocenters. The van der Waals surface area contributed by atoms with Crippen molar-refractivity contribution in [1.82, 2.24) is 4.90 Å². The van der Waals surface area contributed by atoms with Gasteiger partial charge in [0.25, 0.3) is 0 Å². The molecule has 86 valence electrons. The maximum absolute atomic E-state index is 8.66. The van der Waals surface area contributed by atoms with Crippen molar-refractivity contribution in [3.8, 4) is 11.9 Å². The Hall–Kier alpha value is -1.69. The van der Waals surface area contributed by atoms with Crippen LogP contribution in [0.25, 0.3) is 0 Å². The molecule has 0 aliphatic rings. The van der Waals surface area contributed by atoms with Gasteiger partial charge in [-0.05, 0) is 37.0 Å². The SMILES string of the molecule is COc1c(C)cc(CCN(C)C#N)cc1C. The van der Waals surface area contributed by atoms with Gasteiger partial charge in [-0.15, -0.1) is 0 Å². The van der Waals surface area contributed by atoms with E-state index in [1.54, 1.807) is 19.1 Å². The van der Waals surface area contributed by atoms with Crippen LogP contribution in [0.2, 0.25) is 0 Å². The zero-order valence-electron chi connectivity index (χ0n) is 10.4. The highest BCUT2D eigenvalue weighted by molar-refractivity contribution is 5.43. The Kier molecular flexibility index (Phi) is 4.19. The monoisotopic (exact) mass is 218 g/mol. The zero-order chi connectivity index (χ0) is 12.1. The van der Waals surface area contributed by atoms with Crippen molar-refractivity contribution < 1.29 is 4.74 Å². The Morgan fingerprint density at radius 2 is 1.88 bits per heavy atom. The van der Waals surface area contributed by atoms with E-state index in [2.05, 4.69) is 18.3 Å². The Labute approximate surface area is 97.3 Å². The van der Waals surface area contributed by atoms with Gasteiger partial charge in [0.2, 0.25) is 0 Å². The third kappa shape index (κ3) is 2.90. The molecule has 0 spiro atoms. The predicted molar refractivity (Wildman–Crippen MR) is 64.4 cm³/mol. The summed E-state index contributed by atoms with van der Waals surface area (Å²) in [6, 6.07) is 4.24. The largest absolute Gasteiger partial charge is 0.496 e. The Bertz CT molecular complexity index is 384. The number of nitriles is 1. The third-order valence-corrected chi connectivity index (χ3v) is 2.63. The highest BCUT2D eigenvalue weighted by Gasteiger charge is 2.05. The van der Waals surface area contributed by atoms with Gasteiger partial charge in [-0.2, -0.15) is 5.26 Å². The second-order valence-electron chi connectivity index (χ2n) is 4.03. The van der Waals surface area contributed by atoms with Crippen molar-refractivity contribution >= 4 is 0 Å². The molecular weight excluding hydrogens is 200 g/mol. The van der Waals surface area contributed by atoms with E-state index in [-0.39, 0.29) is 0 Å². The van der Waals surface area contributed by atoms with Crippen LogP contribution in [0.1, 0.15) is 16.7 Å². The molecule has 1 aromatic carbocycles. The molecular formula is C13H18N2O. The van der Waals surface area contributed by atoms with E-state index in [1.807, 2.05) is 13.8 Å². The number of likely N-dealkylation sites (N-methyl/N-ethyl adjacent to an activating group) is 1. The number of hydrogen-bond donors (Lipinski definition) is 0. The molecule has 0 fully saturated rings. The molecule has 1 aromatic rings. The van der Waals surface area contributed by atoms with Crippen molar-refractivity contribution in [2.75, 3.05) is 20.7 Å². The first-order chi connectivity index (χ1) is 7.58. The van der Waals surface area contributed by atoms with E-state index in [1.165, 1.54) is 5.56 Å². The molecule has 0 saturated carbocycles. The molecule has 1 rings (SSSR count). The van der Waals surface area contributed by atoms with Crippen molar-refractivity contribution in [1.29, 1.82) is 5.26 Å². The van der Waals surface area contributed by atoms with Gasteiger partial charge in [-0.3, -0.25) is 0 Å². The summed E-state index contributed by atoms with van der Waals surface area (Å²) >= 11 is 0. The van der Waals surface area contributed by atoms with Crippen molar-refractivity contribution in [3.63, 3.8) is 0 Å². The van der Waals surface area contributed by atoms with Gasteiger partial charge < -0.3 is 9.64 Å². The minimum Gasteiger partial charge on any atom is -0.496 e. The van der Waals surface area contributed by atoms with Crippen molar-refractivity contribution in [2.24, 2.45) is 0 Å². The maximum atomic E-state index is 8.66. The van der Waals surface area contributed by atoms with Gasteiger partial charge >= 0.3 is 0 Å². The van der Waals surface area contributed by atoms with Gasteiger partial charge in [-0.1, -0.05) is 12.1 Å². The van der Waals surface area contributed by atoms with E-state index in [0.717, 1.165) is 29.8 Å². The average Bonchev–Trinajstić information content (AvgIpc) is 2.25. The van der Waals surface area contributed by atoms with Gasteiger partial charge in [0.05, 0.1) is 7.11 Å². The van der Waals surface area contributed by atoms with Crippen molar-refractivity contribution in [2.45, 2.75) is 20.3 Å². The molecule has 3 nitrogen and oxygen atoms in total. The number of nitrogens with zero attached hydrogens (tertiary/aromatic N) is 2. The molecule has 0 amide bonds. The summed E-state index contributed by atoms with van der Waals surface area (Å²) in [6.07, 6.45) is 2.98. The van der Waals surface area contributed by atoms with Crippen LogP contribution in [-0.4, -0.2) is 25.6 Å². The summed E-state index contributed by atoms with van der Waals surface area (Å²) in [5, 5.41) is 8.66. The first kappa shape index (κ1) is 12.4. The first-order valence-corrected chi connectivity index (χ1v) is 5.33. The molecule has 0 radical (unpaired) electrons. The van der Waals surface area contributed by atoms with Gasteiger partial charge in [0, 0.05) is 13.6 Å². The average molecular weight is 218 g/mol. The zero-order valence-corrected chi connectivity index (χ0v) is 10.4. The van der Waals surface area contributed by atoms with Crippen LogP contribution in [0.3, 0.4) is 0 Å². The van der Waals surface area contributed by atoms with Gasteiger partial charge in [0.15, 0.2) is 6.19 Å². The van der Waals surface area contributed by atoms with E-state index < -0.39 is 0 Å². The van der Waals surface area contributed by atoms with Gasteiger partial charge in [0.1, 0.15) is 5.75 Å².